The van der Waals surface area contributed by atoms with Gasteiger partial charge in [-0.3, -0.25) is 9.69 Å². The smallest absolute Gasteiger partial charge is 0.220 e. The van der Waals surface area contributed by atoms with Crippen LogP contribution in [-0.2, 0) is 4.79 Å². The number of nitrogens with one attached hydrogen (secondary N) is 1. The molecule has 1 atom stereocenters. The van der Waals surface area contributed by atoms with Crippen molar-refractivity contribution in [1.82, 2.24) is 10.2 Å². The Hall–Kier alpha value is -1.01. The molecule has 0 spiro atoms. The Morgan fingerprint density at radius 1 is 1.47 bits per heavy atom. The molecule has 1 N–H and O–H groups in total. The fourth-order valence-corrected chi connectivity index (χ4v) is 1.63. The maximum absolute atomic E-state index is 11.1. The van der Waals surface area contributed by atoms with Gasteiger partial charge in [0.05, 0.1) is 12.6 Å². The third-order valence-corrected chi connectivity index (χ3v) is 2.52. The Bertz CT molecular complexity index is 259. The first-order valence-electron chi connectivity index (χ1n) is 5.72. The fraction of sp³-hybridized carbons (Fsp3) is 0.750. The van der Waals surface area contributed by atoms with Gasteiger partial charge in [0, 0.05) is 6.42 Å². The molecule has 3 nitrogen and oxygen atoms in total. The first kappa shape index (κ1) is 12.1. The summed E-state index contributed by atoms with van der Waals surface area (Å²) in [5.41, 5.74) is 0. The Morgan fingerprint density at radius 2 is 2.13 bits per heavy atom. The zero-order valence-corrected chi connectivity index (χ0v) is 9.68. The molecule has 1 rings (SSSR count). The molecule has 15 heavy (non-hydrogen) atoms. The zero-order chi connectivity index (χ0) is 11.1. The zero-order valence-electron chi connectivity index (χ0n) is 9.68. The van der Waals surface area contributed by atoms with Crippen LogP contribution in [0.4, 0.5) is 0 Å². The molecule has 1 aliphatic heterocycles. The summed E-state index contributed by atoms with van der Waals surface area (Å²) in [5.74, 6) is 6.24. The van der Waals surface area contributed by atoms with Crippen molar-refractivity contribution < 1.29 is 4.79 Å². The van der Waals surface area contributed by atoms with E-state index in [1.807, 2.05) is 13.8 Å². The molecule has 1 unspecified atom stereocenters. The highest BCUT2D eigenvalue weighted by Crippen LogP contribution is 2.05. The van der Waals surface area contributed by atoms with Crippen LogP contribution in [0.25, 0.3) is 0 Å². The standard InChI is InChI=1S/C12H20N2O/c1-3-12(15)13-11(2)7-6-10-14-8-4-5-9-14/h11H,3-5,8-10H2,1-2H3,(H,13,15). The molecule has 1 fully saturated rings. The van der Waals surface area contributed by atoms with Crippen molar-refractivity contribution in [3.05, 3.63) is 0 Å². The van der Waals surface area contributed by atoms with Gasteiger partial charge in [0.15, 0.2) is 0 Å². The van der Waals surface area contributed by atoms with Crippen molar-refractivity contribution in [3.8, 4) is 11.8 Å². The minimum absolute atomic E-state index is 0.0277. The number of nitrogens with zero attached hydrogens (tertiary/aromatic N) is 1. The lowest BCUT2D eigenvalue weighted by molar-refractivity contribution is -0.121. The van der Waals surface area contributed by atoms with Gasteiger partial charge < -0.3 is 5.32 Å². The van der Waals surface area contributed by atoms with E-state index < -0.39 is 0 Å². The molecule has 1 saturated heterocycles. The Morgan fingerprint density at radius 3 is 2.73 bits per heavy atom. The highest BCUT2D eigenvalue weighted by atomic mass is 16.1. The molecule has 3 heteroatoms. The van der Waals surface area contributed by atoms with Gasteiger partial charge >= 0.3 is 0 Å². The lowest BCUT2D eigenvalue weighted by Gasteiger charge is -2.09. The second-order valence-electron chi connectivity index (χ2n) is 3.95. The summed E-state index contributed by atoms with van der Waals surface area (Å²) in [6.07, 6.45) is 3.12. The average Bonchev–Trinajstić information content (AvgIpc) is 2.70. The Kier molecular flexibility index (Phi) is 5.20. The second kappa shape index (κ2) is 6.47. The number of likely N-dealkylation sites (tertiary alicyclic amines) is 1. The van der Waals surface area contributed by atoms with Gasteiger partial charge in [0.2, 0.25) is 5.91 Å². The molecule has 1 amide bonds. The number of carbonyl (C=O) groups excluding carboxylic acids is 1. The minimum Gasteiger partial charge on any atom is -0.343 e. The molecule has 0 aromatic heterocycles. The first-order chi connectivity index (χ1) is 7.22. The van der Waals surface area contributed by atoms with Gasteiger partial charge in [-0.25, -0.2) is 0 Å². The number of hydrogen-bond donors (Lipinski definition) is 1. The maximum Gasteiger partial charge on any atom is 0.220 e. The number of rotatable bonds is 3. The van der Waals surface area contributed by atoms with E-state index >= 15 is 0 Å². The summed E-state index contributed by atoms with van der Waals surface area (Å²) in [7, 11) is 0. The molecule has 84 valence electrons. The number of hydrogen-bond acceptors (Lipinski definition) is 2. The first-order valence-corrected chi connectivity index (χ1v) is 5.72. The second-order valence-corrected chi connectivity index (χ2v) is 3.95. The maximum atomic E-state index is 11.1. The van der Waals surface area contributed by atoms with E-state index in [-0.39, 0.29) is 11.9 Å². The van der Waals surface area contributed by atoms with E-state index in [2.05, 4.69) is 22.1 Å². The van der Waals surface area contributed by atoms with Gasteiger partial charge in [0.1, 0.15) is 0 Å². The lowest BCUT2D eigenvalue weighted by Crippen LogP contribution is -2.30. The molecular weight excluding hydrogens is 188 g/mol. The highest BCUT2D eigenvalue weighted by molar-refractivity contribution is 5.76. The van der Waals surface area contributed by atoms with Crippen LogP contribution in [-0.4, -0.2) is 36.5 Å². The summed E-state index contributed by atoms with van der Waals surface area (Å²) < 4.78 is 0. The number of amides is 1. The summed E-state index contributed by atoms with van der Waals surface area (Å²) in [6, 6.07) is -0.0277. The molecule has 0 radical (unpaired) electrons. The minimum atomic E-state index is -0.0277. The molecule has 0 aromatic rings. The molecular formula is C12H20N2O. The van der Waals surface area contributed by atoms with Crippen LogP contribution in [0.15, 0.2) is 0 Å². The molecule has 0 bridgehead atoms. The molecule has 0 saturated carbocycles. The van der Waals surface area contributed by atoms with Crippen LogP contribution in [0.5, 0.6) is 0 Å². The summed E-state index contributed by atoms with van der Waals surface area (Å²) in [6.45, 7) is 6.95. The monoisotopic (exact) mass is 208 g/mol. The van der Waals surface area contributed by atoms with Crippen molar-refractivity contribution in [3.63, 3.8) is 0 Å². The predicted octanol–water partition coefficient (Wildman–Crippen LogP) is 1.00. The van der Waals surface area contributed by atoms with Crippen LogP contribution in [0, 0.1) is 11.8 Å². The van der Waals surface area contributed by atoms with Crippen LogP contribution >= 0.6 is 0 Å². The third-order valence-electron chi connectivity index (χ3n) is 2.52. The molecule has 1 aliphatic rings. The van der Waals surface area contributed by atoms with Crippen molar-refractivity contribution in [2.45, 2.75) is 39.2 Å². The summed E-state index contributed by atoms with van der Waals surface area (Å²) in [4.78, 5) is 13.4. The van der Waals surface area contributed by atoms with Gasteiger partial charge in [-0.1, -0.05) is 18.8 Å². The molecule has 0 aromatic carbocycles. The van der Waals surface area contributed by atoms with Gasteiger partial charge in [-0.2, -0.15) is 0 Å². The van der Waals surface area contributed by atoms with E-state index in [4.69, 9.17) is 0 Å². The predicted molar refractivity (Wildman–Crippen MR) is 61.3 cm³/mol. The van der Waals surface area contributed by atoms with Gasteiger partial charge in [-0.15, -0.1) is 0 Å². The molecule has 1 heterocycles. The number of carbonyl (C=O) groups is 1. The summed E-state index contributed by atoms with van der Waals surface area (Å²) in [5, 5.41) is 2.82. The average molecular weight is 208 g/mol. The van der Waals surface area contributed by atoms with E-state index in [1.165, 1.54) is 25.9 Å². The van der Waals surface area contributed by atoms with Crippen LogP contribution in [0.1, 0.15) is 33.1 Å². The van der Waals surface area contributed by atoms with E-state index in [9.17, 15) is 4.79 Å². The van der Waals surface area contributed by atoms with Crippen molar-refractivity contribution in [2.24, 2.45) is 0 Å². The van der Waals surface area contributed by atoms with Crippen molar-refractivity contribution in [2.75, 3.05) is 19.6 Å². The SMILES string of the molecule is CCC(=O)NC(C)C#CCN1CCCC1. The van der Waals surface area contributed by atoms with E-state index in [1.54, 1.807) is 0 Å². The van der Waals surface area contributed by atoms with Crippen LogP contribution in [0.3, 0.4) is 0 Å². The van der Waals surface area contributed by atoms with Gasteiger partial charge in [0.25, 0.3) is 0 Å². The fourth-order valence-electron chi connectivity index (χ4n) is 1.63. The van der Waals surface area contributed by atoms with Crippen LogP contribution < -0.4 is 5.32 Å². The molecule has 0 aliphatic carbocycles. The quantitative estimate of drug-likeness (QED) is 0.702. The Labute approximate surface area is 92.2 Å². The summed E-state index contributed by atoms with van der Waals surface area (Å²) >= 11 is 0. The Balaban J connectivity index is 2.21. The largest absolute Gasteiger partial charge is 0.343 e. The van der Waals surface area contributed by atoms with E-state index in [0.717, 1.165) is 6.54 Å². The van der Waals surface area contributed by atoms with E-state index in [0.29, 0.717) is 6.42 Å². The highest BCUT2D eigenvalue weighted by Gasteiger charge is 2.09. The van der Waals surface area contributed by atoms with Crippen molar-refractivity contribution >= 4 is 5.91 Å². The third kappa shape index (κ3) is 4.85. The van der Waals surface area contributed by atoms with Gasteiger partial charge in [-0.05, 0) is 32.9 Å². The lowest BCUT2D eigenvalue weighted by atomic mass is 10.3. The van der Waals surface area contributed by atoms with Crippen LogP contribution in [0.2, 0.25) is 0 Å². The van der Waals surface area contributed by atoms with Crippen molar-refractivity contribution in [1.29, 1.82) is 0 Å². The topological polar surface area (TPSA) is 32.3 Å². The normalized spacial score (nSPS) is 18.0.